The Bertz CT molecular complexity index is 454. The zero-order valence-corrected chi connectivity index (χ0v) is 13.6. The quantitative estimate of drug-likeness (QED) is 0.648. The minimum Gasteiger partial charge on any atom is -0.469 e. The van der Waals surface area contributed by atoms with E-state index >= 15 is 0 Å². The lowest BCUT2D eigenvalue weighted by molar-refractivity contribution is -0.142. The highest BCUT2D eigenvalue weighted by atomic mass is 28.3. The Morgan fingerprint density at radius 2 is 1.80 bits per heavy atom. The number of carbonyl (C=O) groups is 2. The molecule has 1 aromatic rings. The van der Waals surface area contributed by atoms with E-state index in [1.54, 1.807) is 0 Å². The predicted octanol–water partition coefficient (Wildman–Crippen LogP) is 2.57. The number of ether oxygens (including phenoxy) is 1. The number of carbonyl (C=O) groups excluding carboxylic acids is 2. The molecule has 0 heterocycles. The van der Waals surface area contributed by atoms with Crippen molar-refractivity contribution in [1.82, 2.24) is 5.32 Å². The van der Waals surface area contributed by atoms with Gasteiger partial charge in [0.25, 0.3) is 0 Å². The lowest BCUT2D eigenvalue weighted by Crippen LogP contribution is -2.41. The van der Waals surface area contributed by atoms with Crippen LogP contribution in [0.4, 0.5) is 0 Å². The number of benzene rings is 1. The number of rotatable bonds is 6. The first-order valence-corrected chi connectivity index (χ1v) is 10.3. The molecule has 4 nitrogen and oxygen atoms in total. The summed E-state index contributed by atoms with van der Waals surface area (Å²) in [6.45, 7) is 6.75. The summed E-state index contributed by atoms with van der Waals surface area (Å²) in [7, 11) is -0.427. The molecule has 0 fully saturated rings. The van der Waals surface area contributed by atoms with Gasteiger partial charge in [-0.3, -0.25) is 9.59 Å². The Morgan fingerprint density at radius 3 is 2.30 bits per heavy atom. The van der Waals surface area contributed by atoms with Crippen LogP contribution in [0.15, 0.2) is 30.3 Å². The maximum Gasteiger partial charge on any atom is 0.306 e. The average molecular weight is 293 g/mol. The van der Waals surface area contributed by atoms with E-state index in [1.165, 1.54) is 7.11 Å². The van der Waals surface area contributed by atoms with Crippen molar-refractivity contribution in [1.29, 1.82) is 0 Å². The number of methoxy groups -OCH3 is 1. The molecule has 1 aromatic carbocycles. The topological polar surface area (TPSA) is 55.4 Å². The molecule has 0 saturated carbocycles. The highest BCUT2D eigenvalue weighted by molar-refractivity contribution is 6.80. The molecular formula is C15H23NO3Si. The Balaban J connectivity index is 2.66. The first-order valence-electron chi connectivity index (χ1n) is 6.73. The number of hydrogen-bond acceptors (Lipinski definition) is 3. The van der Waals surface area contributed by atoms with Gasteiger partial charge in [-0.25, -0.2) is 0 Å². The van der Waals surface area contributed by atoms with Crippen LogP contribution in [-0.2, 0) is 20.9 Å². The van der Waals surface area contributed by atoms with Crippen molar-refractivity contribution >= 4 is 20.0 Å². The molecule has 0 spiro atoms. The van der Waals surface area contributed by atoms with Crippen molar-refractivity contribution in [3.63, 3.8) is 0 Å². The van der Waals surface area contributed by atoms with Crippen LogP contribution in [0.3, 0.4) is 0 Å². The van der Waals surface area contributed by atoms with Gasteiger partial charge in [0.15, 0.2) is 0 Å². The lowest BCUT2D eigenvalue weighted by atomic mass is 10.2. The van der Waals surface area contributed by atoms with Crippen molar-refractivity contribution in [2.75, 3.05) is 7.11 Å². The van der Waals surface area contributed by atoms with E-state index in [2.05, 4.69) is 25.0 Å². The maximum atomic E-state index is 12.3. The van der Waals surface area contributed by atoms with Gasteiger partial charge in [0.1, 0.15) is 0 Å². The van der Waals surface area contributed by atoms with Crippen LogP contribution < -0.4 is 5.32 Å². The molecule has 0 aliphatic rings. The molecule has 0 aliphatic heterocycles. The predicted molar refractivity (Wildman–Crippen MR) is 82.0 cm³/mol. The summed E-state index contributed by atoms with van der Waals surface area (Å²) in [5.41, 5.74) is 0.784. The molecule has 1 atom stereocenters. The molecule has 0 bridgehead atoms. The van der Waals surface area contributed by atoms with Gasteiger partial charge in [0.05, 0.1) is 21.6 Å². The summed E-state index contributed by atoms with van der Waals surface area (Å²) in [4.78, 5) is 23.8. The summed E-state index contributed by atoms with van der Waals surface area (Å²) in [6, 6.07) is 9.74. The first kappa shape index (κ1) is 16.4. The second-order valence-corrected chi connectivity index (χ2v) is 11.3. The van der Waals surface area contributed by atoms with Crippen LogP contribution in [-0.4, -0.2) is 27.1 Å². The minimum absolute atomic E-state index is 0.0570. The summed E-state index contributed by atoms with van der Waals surface area (Å²) in [6.07, 6.45) is 0.160. The van der Waals surface area contributed by atoms with Gasteiger partial charge in [-0.05, 0) is 5.56 Å². The third-order valence-electron chi connectivity index (χ3n) is 3.27. The Kier molecular flexibility index (Phi) is 5.95. The summed E-state index contributed by atoms with van der Waals surface area (Å²) >= 11 is 0. The molecule has 1 amide bonds. The molecule has 20 heavy (non-hydrogen) atoms. The standard InChI is InChI=1S/C15H23NO3Si/c1-19-14(17)10-13(20(2,3)4)15(18)16-11-12-8-6-5-7-9-12/h5-9,13H,10-11H2,1-4H3,(H,16,18). The van der Waals surface area contributed by atoms with E-state index in [0.29, 0.717) is 6.54 Å². The van der Waals surface area contributed by atoms with Gasteiger partial charge >= 0.3 is 5.97 Å². The number of hydrogen-bond donors (Lipinski definition) is 1. The molecule has 0 saturated heterocycles. The number of nitrogens with one attached hydrogen (secondary N) is 1. The molecule has 0 radical (unpaired) electrons. The normalized spacial score (nSPS) is 12.6. The van der Waals surface area contributed by atoms with Crippen molar-refractivity contribution in [3.05, 3.63) is 35.9 Å². The smallest absolute Gasteiger partial charge is 0.306 e. The fourth-order valence-electron chi connectivity index (χ4n) is 1.95. The lowest BCUT2D eigenvalue weighted by Gasteiger charge is -2.27. The zero-order chi connectivity index (χ0) is 15.2. The monoisotopic (exact) mass is 293 g/mol. The maximum absolute atomic E-state index is 12.3. The Morgan fingerprint density at radius 1 is 1.20 bits per heavy atom. The first-order chi connectivity index (χ1) is 9.34. The van der Waals surface area contributed by atoms with Gasteiger partial charge in [0, 0.05) is 12.1 Å². The second-order valence-electron chi connectivity index (χ2n) is 5.90. The Hall–Kier alpha value is -1.62. The van der Waals surface area contributed by atoms with Gasteiger partial charge in [-0.2, -0.15) is 0 Å². The summed E-state index contributed by atoms with van der Waals surface area (Å²) in [5, 5.41) is 2.92. The van der Waals surface area contributed by atoms with E-state index < -0.39 is 8.07 Å². The number of esters is 1. The van der Waals surface area contributed by atoms with Crippen LogP contribution >= 0.6 is 0 Å². The minimum atomic E-state index is -1.78. The third kappa shape index (κ3) is 5.17. The van der Waals surface area contributed by atoms with Gasteiger partial charge < -0.3 is 10.1 Å². The molecule has 0 aliphatic carbocycles. The van der Waals surface area contributed by atoms with Gasteiger partial charge in [-0.1, -0.05) is 50.0 Å². The molecule has 110 valence electrons. The van der Waals surface area contributed by atoms with Crippen LogP contribution in [0.2, 0.25) is 25.2 Å². The second kappa shape index (κ2) is 7.24. The highest BCUT2D eigenvalue weighted by Gasteiger charge is 2.34. The molecule has 0 aromatic heterocycles. The fraction of sp³-hybridized carbons (Fsp3) is 0.467. The fourth-order valence-corrected chi connectivity index (χ4v) is 3.62. The van der Waals surface area contributed by atoms with Crippen molar-refractivity contribution in [3.8, 4) is 0 Å². The van der Waals surface area contributed by atoms with Crippen molar-refractivity contribution in [2.45, 2.75) is 38.1 Å². The molecule has 1 N–H and O–H groups in total. The van der Waals surface area contributed by atoms with Gasteiger partial charge in [0.2, 0.25) is 5.91 Å². The number of amides is 1. The molecule has 5 heteroatoms. The van der Waals surface area contributed by atoms with E-state index in [1.807, 2.05) is 30.3 Å². The van der Waals surface area contributed by atoms with Crippen molar-refractivity contribution < 1.29 is 14.3 Å². The van der Waals surface area contributed by atoms with Gasteiger partial charge in [-0.15, -0.1) is 0 Å². The average Bonchev–Trinajstić information content (AvgIpc) is 2.41. The SMILES string of the molecule is COC(=O)CC(C(=O)NCc1ccccc1)[Si](C)(C)C. The van der Waals surface area contributed by atoms with Crippen molar-refractivity contribution in [2.24, 2.45) is 0 Å². The van der Waals surface area contributed by atoms with E-state index in [9.17, 15) is 9.59 Å². The molecule has 1 rings (SSSR count). The van der Waals surface area contributed by atoms with E-state index in [4.69, 9.17) is 4.74 Å². The van der Waals surface area contributed by atoms with Crippen LogP contribution in [0.1, 0.15) is 12.0 Å². The zero-order valence-electron chi connectivity index (χ0n) is 12.6. The van der Waals surface area contributed by atoms with E-state index in [-0.39, 0.29) is 23.8 Å². The highest BCUT2D eigenvalue weighted by Crippen LogP contribution is 2.26. The van der Waals surface area contributed by atoms with Crippen LogP contribution in [0.5, 0.6) is 0 Å². The Labute approximate surface area is 121 Å². The van der Waals surface area contributed by atoms with E-state index in [0.717, 1.165) is 5.56 Å². The van der Waals surface area contributed by atoms with Crippen LogP contribution in [0, 0.1) is 0 Å². The summed E-state index contributed by atoms with van der Waals surface area (Å²) in [5.74, 6) is -0.384. The molecular weight excluding hydrogens is 270 g/mol. The van der Waals surface area contributed by atoms with Crippen LogP contribution in [0.25, 0.3) is 0 Å². The molecule has 1 unspecified atom stereocenters. The third-order valence-corrected chi connectivity index (χ3v) is 5.83. The summed E-state index contributed by atoms with van der Waals surface area (Å²) < 4.78 is 4.69. The largest absolute Gasteiger partial charge is 0.469 e.